The van der Waals surface area contributed by atoms with Gasteiger partial charge in [0.05, 0.1) is 11.0 Å². The van der Waals surface area contributed by atoms with Crippen LogP contribution in [0, 0.1) is 0 Å². The molecule has 2 heteroatoms. The summed E-state index contributed by atoms with van der Waals surface area (Å²) in [6.07, 6.45) is 6.72. The number of allylic oxidation sites excluding steroid dienone is 3. The molecular formula is C49H37NS. The van der Waals surface area contributed by atoms with Gasteiger partial charge in [0.15, 0.2) is 0 Å². The van der Waals surface area contributed by atoms with E-state index >= 15 is 0 Å². The SMILES string of the molecule is CC1(c2ccccc2)C=CC=C(c2ccc3c4cc(-c5ccc(-c6cccc(-c7ccccc7)c6)cc5)ccc4n(-c4ccccc4)c3c2)C1S. The summed E-state index contributed by atoms with van der Waals surface area (Å²) >= 11 is 5.28. The molecule has 1 aromatic heterocycles. The normalized spacial score (nSPS) is 17.1. The number of benzene rings is 7. The maximum Gasteiger partial charge on any atom is 0.0547 e. The molecule has 1 aliphatic carbocycles. The average molecular weight is 672 g/mol. The first-order chi connectivity index (χ1) is 25.1. The predicted octanol–water partition coefficient (Wildman–Crippen LogP) is 13.0. The van der Waals surface area contributed by atoms with Gasteiger partial charge in [-0.25, -0.2) is 0 Å². The summed E-state index contributed by atoms with van der Waals surface area (Å²) in [6, 6.07) is 63.6. The van der Waals surface area contributed by atoms with Gasteiger partial charge in [-0.1, -0.05) is 165 Å². The van der Waals surface area contributed by atoms with Crippen molar-refractivity contribution in [1.82, 2.24) is 4.57 Å². The lowest BCUT2D eigenvalue weighted by atomic mass is 9.73. The topological polar surface area (TPSA) is 4.93 Å². The first kappa shape index (κ1) is 31.2. The number of hydrogen-bond donors (Lipinski definition) is 1. The molecular weight excluding hydrogens is 635 g/mol. The van der Waals surface area contributed by atoms with E-state index in [0.717, 1.165) is 5.69 Å². The highest BCUT2D eigenvalue weighted by atomic mass is 32.1. The van der Waals surface area contributed by atoms with Crippen molar-refractivity contribution in [3.8, 4) is 39.1 Å². The van der Waals surface area contributed by atoms with E-state index in [1.165, 1.54) is 71.9 Å². The third-order valence-electron chi connectivity index (χ3n) is 10.6. The Labute approximate surface area is 305 Å². The van der Waals surface area contributed by atoms with E-state index in [4.69, 9.17) is 12.6 Å². The van der Waals surface area contributed by atoms with Crippen LogP contribution in [0.2, 0.25) is 0 Å². The summed E-state index contributed by atoms with van der Waals surface area (Å²) in [5, 5.41) is 2.49. The van der Waals surface area contributed by atoms with Crippen LogP contribution in [0.3, 0.4) is 0 Å². The molecule has 0 N–H and O–H groups in total. The minimum absolute atomic E-state index is 0.00675. The zero-order valence-electron chi connectivity index (χ0n) is 28.4. The van der Waals surface area contributed by atoms with Gasteiger partial charge in [0.25, 0.3) is 0 Å². The Bertz CT molecular complexity index is 2580. The molecule has 51 heavy (non-hydrogen) atoms. The molecule has 1 heterocycles. The number of thiol groups is 1. The summed E-state index contributed by atoms with van der Waals surface area (Å²) in [6.45, 7) is 2.29. The van der Waals surface area contributed by atoms with Crippen LogP contribution in [-0.2, 0) is 5.41 Å². The minimum atomic E-state index is -0.218. The molecule has 0 spiro atoms. The van der Waals surface area contributed by atoms with Crippen LogP contribution in [0.25, 0.3) is 66.4 Å². The smallest absolute Gasteiger partial charge is 0.0547 e. The van der Waals surface area contributed by atoms with Gasteiger partial charge in [0.2, 0.25) is 0 Å². The third kappa shape index (κ3) is 5.53. The first-order valence-electron chi connectivity index (χ1n) is 17.6. The van der Waals surface area contributed by atoms with Gasteiger partial charge in [-0.05, 0) is 86.5 Å². The minimum Gasteiger partial charge on any atom is -0.309 e. The number of rotatable bonds is 6. The van der Waals surface area contributed by atoms with E-state index < -0.39 is 0 Å². The van der Waals surface area contributed by atoms with E-state index in [2.05, 4.69) is 206 Å². The van der Waals surface area contributed by atoms with E-state index in [0.29, 0.717) is 0 Å². The second-order valence-electron chi connectivity index (χ2n) is 13.7. The Morgan fingerprint density at radius 3 is 1.71 bits per heavy atom. The van der Waals surface area contributed by atoms with E-state index in [1.807, 2.05) is 0 Å². The summed E-state index contributed by atoms with van der Waals surface area (Å²) in [5.41, 5.74) is 14.3. The summed E-state index contributed by atoms with van der Waals surface area (Å²) in [5.74, 6) is 0. The molecule has 0 bridgehead atoms. The Morgan fingerprint density at radius 1 is 0.471 bits per heavy atom. The average Bonchev–Trinajstić information content (AvgIpc) is 3.53. The fourth-order valence-electron chi connectivity index (χ4n) is 7.76. The summed E-state index contributed by atoms with van der Waals surface area (Å²) in [7, 11) is 0. The van der Waals surface area contributed by atoms with Crippen molar-refractivity contribution in [2.75, 3.05) is 0 Å². The van der Waals surface area contributed by atoms with Gasteiger partial charge < -0.3 is 4.57 Å². The number of nitrogens with zero attached hydrogens (tertiary/aromatic N) is 1. The molecule has 8 aromatic rings. The third-order valence-corrected chi connectivity index (χ3v) is 11.4. The van der Waals surface area contributed by atoms with Gasteiger partial charge >= 0.3 is 0 Å². The molecule has 0 aliphatic heterocycles. The standard InChI is InChI=1S/C49H37NS/c1-49(41-17-7-3-8-18-41)30-12-21-43(48(49)51)40-26-28-44-45-32-39(27-29-46(45)50(47(44)33-40)42-19-9-4-10-20-42)36-24-22-35(23-25-36)38-16-11-15-37(31-38)34-13-5-2-6-14-34/h2-33,48,51H,1H3. The monoisotopic (exact) mass is 671 g/mol. The lowest BCUT2D eigenvalue weighted by Gasteiger charge is -2.37. The number of para-hydroxylation sites is 1. The van der Waals surface area contributed by atoms with Crippen LogP contribution in [-0.4, -0.2) is 9.82 Å². The molecule has 1 aliphatic rings. The van der Waals surface area contributed by atoms with Crippen molar-refractivity contribution >= 4 is 40.0 Å². The van der Waals surface area contributed by atoms with E-state index in [9.17, 15) is 0 Å². The molecule has 0 radical (unpaired) electrons. The zero-order chi connectivity index (χ0) is 34.4. The second-order valence-corrected chi connectivity index (χ2v) is 14.2. The van der Waals surface area contributed by atoms with Crippen LogP contribution in [0.4, 0.5) is 0 Å². The van der Waals surface area contributed by atoms with Crippen molar-refractivity contribution in [2.24, 2.45) is 0 Å². The molecule has 7 aromatic carbocycles. The predicted molar refractivity (Wildman–Crippen MR) is 221 cm³/mol. The Balaban J connectivity index is 1.11. The zero-order valence-corrected chi connectivity index (χ0v) is 29.3. The fraction of sp³-hybridized carbons (Fsp3) is 0.0612. The van der Waals surface area contributed by atoms with Crippen molar-refractivity contribution in [2.45, 2.75) is 17.6 Å². The molecule has 2 atom stereocenters. The van der Waals surface area contributed by atoms with E-state index in [1.54, 1.807) is 0 Å². The molecule has 0 saturated heterocycles. The largest absolute Gasteiger partial charge is 0.309 e. The molecule has 0 saturated carbocycles. The van der Waals surface area contributed by atoms with Crippen LogP contribution in [0.5, 0.6) is 0 Å². The van der Waals surface area contributed by atoms with Crippen molar-refractivity contribution in [3.05, 3.63) is 205 Å². The quantitative estimate of drug-likeness (QED) is 0.168. The van der Waals surface area contributed by atoms with Crippen molar-refractivity contribution < 1.29 is 0 Å². The van der Waals surface area contributed by atoms with Crippen LogP contribution in [0.15, 0.2) is 194 Å². The number of aromatic nitrogens is 1. The second kappa shape index (κ2) is 12.8. The first-order valence-corrected chi connectivity index (χ1v) is 18.1. The van der Waals surface area contributed by atoms with Gasteiger partial charge in [-0.3, -0.25) is 0 Å². The Kier molecular flexibility index (Phi) is 7.83. The molecule has 0 fully saturated rings. The molecule has 0 amide bonds. The highest BCUT2D eigenvalue weighted by Crippen LogP contribution is 2.44. The highest BCUT2D eigenvalue weighted by Gasteiger charge is 2.36. The Hall–Kier alpha value is -5.83. The highest BCUT2D eigenvalue weighted by molar-refractivity contribution is 7.81. The number of hydrogen-bond acceptors (Lipinski definition) is 1. The van der Waals surface area contributed by atoms with Gasteiger partial charge in [0.1, 0.15) is 0 Å². The molecule has 1 nitrogen and oxygen atoms in total. The van der Waals surface area contributed by atoms with Crippen LogP contribution < -0.4 is 0 Å². The van der Waals surface area contributed by atoms with Gasteiger partial charge in [-0.2, -0.15) is 12.6 Å². The van der Waals surface area contributed by atoms with Crippen molar-refractivity contribution in [3.63, 3.8) is 0 Å². The molecule has 9 rings (SSSR count). The van der Waals surface area contributed by atoms with Crippen LogP contribution >= 0.6 is 12.6 Å². The van der Waals surface area contributed by atoms with Gasteiger partial charge in [0, 0.05) is 27.1 Å². The Morgan fingerprint density at radius 2 is 1.02 bits per heavy atom. The van der Waals surface area contributed by atoms with Crippen molar-refractivity contribution in [1.29, 1.82) is 0 Å². The summed E-state index contributed by atoms with van der Waals surface area (Å²) in [4.78, 5) is 0. The number of fused-ring (bicyclic) bond motifs is 3. The molecule has 2 unspecified atom stereocenters. The lowest BCUT2D eigenvalue weighted by Crippen LogP contribution is -2.33. The maximum absolute atomic E-state index is 5.28. The van der Waals surface area contributed by atoms with Gasteiger partial charge in [-0.15, -0.1) is 0 Å². The lowest BCUT2D eigenvalue weighted by molar-refractivity contribution is 0.625. The van der Waals surface area contributed by atoms with E-state index in [-0.39, 0.29) is 10.7 Å². The fourth-order valence-corrected chi connectivity index (χ4v) is 8.23. The van der Waals surface area contributed by atoms with Crippen LogP contribution in [0.1, 0.15) is 18.1 Å². The maximum atomic E-state index is 5.28. The summed E-state index contributed by atoms with van der Waals surface area (Å²) < 4.78 is 2.41. The molecule has 244 valence electrons.